The van der Waals surface area contributed by atoms with E-state index in [1.165, 1.54) is 22.7 Å². The number of ether oxygens (including phenoxy) is 1. The number of hydrogen-bond acceptors (Lipinski definition) is 9. The highest BCUT2D eigenvalue weighted by atomic mass is 32.1. The van der Waals surface area contributed by atoms with E-state index in [1.54, 1.807) is 17.2 Å². The number of carbonyl (C=O) groups is 1. The molecule has 1 aliphatic heterocycles. The van der Waals surface area contributed by atoms with Gasteiger partial charge in [0.2, 0.25) is 11.1 Å². The molecule has 180 valence electrons. The zero-order chi connectivity index (χ0) is 24.5. The molecule has 0 aromatic carbocycles. The fraction of sp³-hybridized carbons (Fsp3) is 0.435. The summed E-state index contributed by atoms with van der Waals surface area (Å²) in [5.41, 5.74) is 2.25. The number of carbonyl (C=O) groups excluding carboxylic acids is 1. The van der Waals surface area contributed by atoms with Gasteiger partial charge in [0.1, 0.15) is 28.1 Å². The number of aromatic nitrogens is 3. The van der Waals surface area contributed by atoms with Crippen molar-refractivity contribution >= 4 is 39.9 Å². The lowest BCUT2D eigenvalue weighted by Gasteiger charge is -2.36. The molecule has 0 saturated carbocycles. The molecule has 3 aromatic heterocycles. The van der Waals surface area contributed by atoms with Crippen LogP contribution in [0.4, 0.5) is 9.93 Å². The summed E-state index contributed by atoms with van der Waals surface area (Å²) in [6.07, 6.45) is 1.27. The smallest absolute Gasteiger partial charge is 0.417 e. The molecule has 0 bridgehead atoms. The number of aryl methyl sites for hydroxylation is 1. The summed E-state index contributed by atoms with van der Waals surface area (Å²) in [6.45, 7) is 8.72. The number of rotatable bonds is 4. The van der Waals surface area contributed by atoms with Crippen LogP contribution in [0.15, 0.2) is 34.1 Å². The van der Waals surface area contributed by atoms with Crippen molar-refractivity contribution < 1.29 is 14.6 Å². The van der Waals surface area contributed by atoms with Crippen molar-refractivity contribution in [1.82, 2.24) is 24.8 Å². The van der Waals surface area contributed by atoms with Gasteiger partial charge in [0.25, 0.3) is 0 Å². The third kappa shape index (κ3) is 5.43. The summed E-state index contributed by atoms with van der Waals surface area (Å²) >= 11 is 2.74. The van der Waals surface area contributed by atoms with Crippen LogP contribution in [0.1, 0.15) is 49.6 Å². The summed E-state index contributed by atoms with van der Waals surface area (Å²) in [5, 5.41) is 15.6. The molecule has 34 heavy (non-hydrogen) atoms. The van der Waals surface area contributed by atoms with Crippen molar-refractivity contribution in [1.29, 1.82) is 0 Å². The van der Waals surface area contributed by atoms with E-state index in [0.717, 1.165) is 24.2 Å². The third-order valence-electron chi connectivity index (χ3n) is 5.12. The van der Waals surface area contributed by atoms with Gasteiger partial charge in [-0.3, -0.25) is 4.98 Å². The Morgan fingerprint density at radius 2 is 1.94 bits per heavy atom. The monoisotopic (exact) mass is 500 g/mol. The molecule has 4 heterocycles. The predicted molar refractivity (Wildman–Crippen MR) is 134 cm³/mol. The van der Waals surface area contributed by atoms with Crippen LogP contribution in [0.25, 0.3) is 11.4 Å². The van der Waals surface area contributed by atoms with Gasteiger partial charge in [-0.05, 0) is 40.2 Å². The molecule has 4 rings (SSSR count). The zero-order valence-corrected chi connectivity index (χ0v) is 21.5. The molecule has 1 atom stereocenters. The van der Waals surface area contributed by atoms with Crippen LogP contribution in [0, 0.1) is 6.92 Å². The first kappa shape index (κ1) is 24.2. The predicted octanol–water partition coefficient (Wildman–Crippen LogP) is 4.61. The van der Waals surface area contributed by atoms with Crippen LogP contribution < -0.4 is 0 Å². The van der Waals surface area contributed by atoms with Gasteiger partial charge in [-0.15, -0.1) is 22.7 Å². The molecule has 0 aliphatic carbocycles. The first-order valence-corrected chi connectivity index (χ1v) is 12.7. The van der Waals surface area contributed by atoms with Crippen LogP contribution in [0.3, 0.4) is 0 Å². The average molecular weight is 501 g/mol. The van der Waals surface area contributed by atoms with Gasteiger partial charge in [-0.25, -0.2) is 19.7 Å². The summed E-state index contributed by atoms with van der Waals surface area (Å²) in [5.74, 6) is 0.517. The van der Waals surface area contributed by atoms with Crippen molar-refractivity contribution in [2.45, 2.75) is 45.8 Å². The van der Waals surface area contributed by atoms with Crippen LogP contribution in [-0.4, -0.2) is 67.6 Å². The van der Waals surface area contributed by atoms with Gasteiger partial charge < -0.3 is 14.7 Å². The lowest BCUT2D eigenvalue weighted by molar-refractivity contribution is 0.0328. The Bertz CT molecular complexity index is 1200. The van der Waals surface area contributed by atoms with E-state index in [4.69, 9.17) is 4.74 Å². The van der Waals surface area contributed by atoms with Gasteiger partial charge >= 0.3 is 6.09 Å². The maximum Gasteiger partial charge on any atom is 0.417 e. The van der Waals surface area contributed by atoms with Crippen LogP contribution in [0.2, 0.25) is 0 Å². The normalized spacial score (nSPS) is 16.7. The molecule has 0 radical (unpaired) electrons. The fourth-order valence-corrected chi connectivity index (χ4v) is 4.96. The zero-order valence-electron chi connectivity index (χ0n) is 19.8. The minimum atomic E-state index is -0.843. The van der Waals surface area contributed by atoms with E-state index in [2.05, 4.69) is 19.9 Å². The Labute approximate surface area is 206 Å². The summed E-state index contributed by atoms with van der Waals surface area (Å²) in [6, 6.07) is 3.65. The Hall–Kier alpha value is -2.89. The minimum Gasteiger partial charge on any atom is -0.443 e. The number of thiazole rings is 2. The highest BCUT2D eigenvalue weighted by Gasteiger charge is 2.31. The van der Waals surface area contributed by atoms with Crippen molar-refractivity contribution in [2.24, 2.45) is 4.99 Å². The molecule has 1 N–H and O–H groups in total. The number of aliphatic imine (C=N–C) groups is 1. The number of guanidine groups is 1. The first-order valence-electron chi connectivity index (χ1n) is 10.9. The van der Waals surface area contributed by atoms with Crippen molar-refractivity contribution in [3.63, 3.8) is 0 Å². The van der Waals surface area contributed by atoms with E-state index in [9.17, 15) is 9.90 Å². The molecule has 11 heteroatoms. The molecule has 1 fully saturated rings. The van der Waals surface area contributed by atoms with Crippen LogP contribution in [-0.2, 0) is 4.74 Å². The number of aliphatic hydroxyl groups excluding tert-OH is 1. The summed E-state index contributed by atoms with van der Waals surface area (Å²) in [7, 11) is 1.90. The van der Waals surface area contributed by atoms with E-state index >= 15 is 0 Å². The third-order valence-corrected chi connectivity index (χ3v) is 6.75. The molecule has 1 unspecified atom stereocenters. The first-order chi connectivity index (χ1) is 16.1. The van der Waals surface area contributed by atoms with E-state index < -0.39 is 17.8 Å². The van der Waals surface area contributed by atoms with E-state index in [1.807, 2.05) is 56.5 Å². The second-order valence-electron chi connectivity index (χ2n) is 8.99. The second-order valence-corrected chi connectivity index (χ2v) is 10.7. The quantitative estimate of drug-likeness (QED) is 0.558. The summed E-state index contributed by atoms with van der Waals surface area (Å²) < 4.78 is 5.56. The van der Waals surface area contributed by atoms with Gasteiger partial charge in [-0.1, -0.05) is 6.07 Å². The Morgan fingerprint density at radius 3 is 2.68 bits per heavy atom. The maximum atomic E-state index is 12.7. The molecule has 1 amide bonds. The Balaban J connectivity index is 1.56. The molecule has 0 spiro atoms. The number of pyridine rings is 1. The Kier molecular flexibility index (Phi) is 6.96. The van der Waals surface area contributed by atoms with Crippen molar-refractivity contribution in [3.05, 3.63) is 45.4 Å². The number of nitrogens with zero attached hydrogens (tertiary/aromatic N) is 6. The molecular weight excluding hydrogens is 472 g/mol. The maximum absolute atomic E-state index is 12.7. The van der Waals surface area contributed by atoms with Gasteiger partial charge in [0.15, 0.2) is 0 Å². The van der Waals surface area contributed by atoms with E-state index in [0.29, 0.717) is 34.0 Å². The van der Waals surface area contributed by atoms with Crippen LogP contribution >= 0.6 is 22.7 Å². The molecular formula is C23H28N6O3S2. The average Bonchev–Trinajstić information content (AvgIpc) is 3.43. The van der Waals surface area contributed by atoms with Crippen molar-refractivity contribution in [2.75, 3.05) is 20.1 Å². The molecule has 9 nitrogen and oxygen atoms in total. The number of amides is 1. The van der Waals surface area contributed by atoms with Gasteiger partial charge in [-0.2, -0.15) is 4.99 Å². The van der Waals surface area contributed by atoms with Crippen LogP contribution in [0.5, 0.6) is 0 Å². The summed E-state index contributed by atoms with van der Waals surface area (Å²) in [4.78, 5) is 34.4. The van der Waals surface area contributed by atoms with E-state index in [-0.39, 0.29) is 0 Å². The standard InChI is InChI=1S/C23H28N6O3S2/c1-14-15(8-6-9-24-14)18(30)19-25-16(12-33-19)17-13-34-20(26-17)27-21-28(5)10-7-11-29(21)22(31)32-23(2,3)4/h6,8-9,12-13,18,30H,7,10-11H2,1-5H3/b27-21+. The number of hydrogen-bond donors (Lipinski definition) is 1. The number of aliphatic hydroxyl groups is 1. The molecule has 1 saturated heterocycles. The van der Waals surface area contributed by atoms with Gasteiger partial charge in [0.05, 0.1) is 0 Å². The Morgan fingerprint density at radius 1 is 1.21 bits per heavy atom. The minimum absolute atomic E-state index is 0.418. The van der Waals surface area contributed by atoms with Gasteiger partial charge in [0, 0.05) is 48.4 Å². The van der Waals surface area contributed by atoms with Crippen molar-refractivity contribution in [3.8, 4) is 11.4 Å². The fourth-order valence-electron chi connectivity index (χ4n) is 3.48. The lowest BCUT2D eigenvalue weighted by atomic mass is 10.1. The molecule has 3 aromatic rings. The molecule has 1 aliphatic rings. The lowest BCUT2D eigenvalue weighted by Crippen LogP contribution is -2.52. The second kappa shape index (κ2) is 9.77. The highest BCUT2D eigenvalue weighted by molar-refractivity contribution is 7.13. The highest BCUT2D eigenvalue weighted by Crippen LogP contribution is 2.32. The topological polar surface area (TPSA) is 104 Å². The largest absolute Gasteiger partial charge is 0.443 e. The SMILES string of the molecule is Cc1ncccc1C(O)c1nc(-c2csc(/N=C3\N(C)CCCN3C(=O)OC(C)(C)C)n2)cs1.